The van der Waals surface area contributed by atoms with E-state index in [1.165, 1.54) is 6.92 Å². The number of nitrogens with one attached hydrogen (secondary N) is 2. The molecular weight excluding hydrogens is 490 g/mol. The van der Waals surface area contributed by atoms with Crippen molar-refractivity contribution in [3.05, 3.63) is 0 Å². The van der Waals surface area contributed by atoms with Crippen LogP contribution in [0.4, 0.5) is 0 Å². The first-order valence-corrected chi connectivity index (χ1v) is 11.2. The number of aliphatic carboxylic acids is 1. The Bertz CT molecular complexity index is 773. The van der Waals surface area contributed by atoms with Gasteiger partial charge >= 0.3 is 5.97 Å². The van der Waals surface area contributed by atoms with Gasteiger partial charge in [-0.05, 0) is 6.92 Å². The van der Waals surface area contributed by atoms with E-state index in [4.69, 9.17) is 29.8 Å². The Labute approximate surface area is 206 Å². The predicted octanol–water partition coefficient (Wildman–Crippen LogP) is -5.28. The number of carbonyl (C=O) groups excluding carboxylic acids is 2. The highest BCUT2D eigenvalue weighted by Crippen LogP contribution is 2.30. The van der Waals surface area contributed by atoms with Gasteiger partial charge in [0.25, 0.3) is 0 Å². The van der Waals surface area contributed by atoms with E-state index in [1.807, 2.05) is 0 Å². The summed E-state index contributed by atoms with van der Waals surface area (Å²) in [5.74, 6) is -2.62. The van der Waals surface area contributed by atoms with Crippen LogP contribution in [0.5, 0.6) is 0 Å². The van der Waals surface area contributed by atoms with Crippen LogP contribution in [0, 0.1) is 0 Å². The molecule has 0 aromatic rings. The fourth-order valence-corrected chi connectivity index (χ4v) is 3.97. The van der Waals surface area contributed by atoms with E-state index in [9.17, 15) is 39.9 Å². The quantitative estimate of drug-likeness (QED) is 0.129. The summed E-state index contributed by atoms with van der Waals surface area (Å²) in [5, 5.41) is 64.9. The zero-order valence-electron chi connectivity index (χ0n) is 20.0. The lowest BCUT2D eigenvalue weighted by Crippen LogP contribution is -2.70. The second-order valence-electron chi connectivity index (χ2n) is 8.68. The van der Waals surface area contributed by atoms with Crippen LogP contribution < -0.4 is 16.4 Å². The van der Waals surface area contributed by atoms with E-state index in [0.29, 0.717) is 0 Å². The molecule has 0 unspecified atom stereocenters. The number of hydrogen-bond donors (Lipinski definition) is 9. The summed E-state index contributed by atoms with van der Waals surface area (Å²) < 4.78 is 22.6. The van der Waals surface area contributed by atoms with Gasteiger partial charge in [0, 0.05) is 13.8 Å². The molecular formula is C20H35N3O13. The molecule has 208 valence electrons. The minimum Gasteiger partial charge on any atom is -0.480 e. The second-order valence-corrected chi connectivity index (χ2v) is 8.68. The molecule has 0 bridgehead atoms. The monoisotopic (exact) mass is 525 g/mol. The maximum atomic E-state index is 12.0. The first kappa shape index (κ1) is 30.2. The van der Waals surface area contributed by atoms with Crippen molar-refractivity contribution in [1.82, 2.24) is 10.6 Å². The summed E-state index contributed by atoms with van der Waals surface area (Å²) in [4.78, 5) is 34.9. The Balaban J connectivity index is 2.41. The topological polar surface area (TPSA) is 260 Å². The number of carboxylic acid groups (broad SMARTS) is 1. The molecule has 0 aromatic carbocycles. The smallest absolute Gasteiger partial charge is 0.323 e. The summed E-state index contributed by atoms with van der Waals surface area (Å²) in [5.41, 5.74) is 5.59. The van der Waals surface area contributed by atoms with Gasteiger partial charge < -0.3 is 66.0 Å². The Hall–Kier alpha value is -1.99. The van der Waals surface area contributed by atoms with Crippen molar-refractivity contribution in [3.8, 4) is 0 Å². The molecule has 16 heteroatoms. The Morgan fingerprint density at radius 3 is 1.89 bits per heavy atom. The van der Waals surface area contributed by atoms with Gasteiger partial charge in [0.2, 0.25) is 11.8 Å². The van der Waals surface area contributed by atoms with Gasteiger partial charge in [-0.15, -0.1) is 0 Å². The van der Waals surface area contributed by atoms with Crippen LogP contribution in [0.1, 0.15) is 20.8 Å². The maximum Gasteiger partial charge on any atom is 0.323 e. The maximum absolute atomic E-state index is 12.0. The summed E-state index contributed by atoms with van der Waals surface area (Å²) in [6.45, 7) is 2.14. The first-order chi connectivity index (χ1) is 16.8. The van der Waals surface area contributed by atoms with Crippen LogP contribution in [-0.4, -0.2) is 135 Å². The van der Waals surface area contributed by atoms with E-state index >= 15 is 0 Å². The molecule has 0 spiro atoms. The van der Waals surface area contributed by atoms with Crippen molar-refractivity contribution in [2.24, 2.45) is 5.73 Å². The van der Waals surface area contributed by atoms with E-state index < -0.39 is 104 Å². The predicted molar refractivity (Wildman–Crippen MR) is 116 cm³/mol. The summed E-state index contributed by atoms with van der Waals surface area (Å²) >= 11 is 0. The molecule has 36 heavy (non-hydrogen) atoms. The number of rotatable bonds is 10. The van der Waals surface area contributed by atoms with Crippen molar-refractivity contribution in [1.29, 1.82) is 0 Å². The van der Waals surface area contributed by atoms with Crippen LogP contribution in [-0.2, 0) is 33.3 Å². The van der Waals surface area contributed by atoms with E-state index in [-0.39, 0.29) is 0 Å². The van der Waals surface area contributed by atoms with Crippen molar-refractivity contribution >= 4 is 17.8 Å². The molecule has 0 aromatic heterocycles. The molecule has 12 atom stereocenters. The van der Waals surface area contributed by atoms with Gasteiger partial charge in [-0.3, -0.25) is 14.4 Å². The van der Waals surface area contributed by atoms with Crippen LogP contribution in [0.15, 0.2) is 0 Å². The molecule has 2 rings (SSSR count). The first-order valence-electron chi connectivity index (χ1n) is 11.2. The number of carboxylic acids is 1. The molecule has 10 N–H and O–H groups in total. The lowest BCUT2D eigenvalue weighted by Gasteiger charge is -2.48. The number of aliphatic hydroxyl groups is 5. The third-order valence-electron chi connectivity index (χ3n) is 5.91. The van der Waals surface area contributed by atoms with E-state index in [2.05, 4.69) is 10.6 Å². The van der Waals surface area contributed by atoms with Crippen molar-refractivity contribution in [2.45, 2.75) is 94.2 Å². The Kier molecular flexibility index (Phi) is 10.9. The van der Waals surface area contributed by atoms with Crippen molar-refractivity contribution < 1.29 is 64.0 Å². The molecule has 2 amide bonds. The molecule has 0 aliphatic carbocycles. The third-order valence-corrected chi connectivity index (χ3v) is 5.91. The van der Waals surface area contributed by atoms with Gasteiger partial charge in [-0.1, -0.05) is 0 Å². The third kappa shape index (κ3) is 7.06. The summed E-state index contributed by atoms with van der Waals surface area (Å²) in [7, 11) is 0. The Morgan fingerprint density at radius 2 is 1.39 bits per heavy atom. The number of nitrogens with two attached hydrogens (primary N) is 1. The second kappa shape index (κ2) is 13.0. The molecule has 2 heterocycles. The average molecular weight is 526 g/mol. The summed E-state index contributed by atoms with van der Waals surface area (Å²) in [6.07, 6.45) is -13.3. The van der Waals surface area contributed by atoms with Crippen LogP contribution >= 0.6 is 0 Å². The zero-order valence-corrected chi connectivity index (χ0v) is 20.0. The average Bonchev–Trinajstić information content (AvgIpc) is 2.80. The molecule has 16 nitrogen and oxygen atoms in total. The zero-order chi connectivity index (χ0) is 27.3. The minimum absolute atomic E-state index is 0.622. The summed E-state index contributed by atoms with van der Waals surface area (Å²) in [6, 6.07) is -4.19. The molecule has 2 aliphatic rings. The fraction of sp³-hybridized carbons (Fsp3) is 0.850. The molecule has 2 fully saturated rings. The van der Waals surface area contributed by atoms with Gasteiger partial charge in [-0.25, -0.2) is 0 Å². The lowest BCUT2D eigenvalue weighted by molar-refractivity contribution is -0.332. The van der Waals surface area contributed by atoms with Crippen molar-refractivity contribution in [3.63, 3.8) is 0 Å². The number of hydrogen-bond acceptors (Lipinski definition) is 13. The minimum atomic E-state index is -1.66. The van der Waals surface area contributed by atoms with E-state index in [0.717, 1.165) is 13.8 Å². The highest BCUT2D eigenvalue weighted by Gasteiger charge is 2.52. The highest BCUT2D eigenvalue weighted by molar-refractivity contribution is 5.74. The fourth-order valence-electron chi connectivity index (χ4n) is 3.97. The number of aliphatic hydroxyl groups excluding tert-OH is 5. The molecule has 2 aliphatic heterocycles. The molecule has 0 radical (unpaired) electrons. The standard InChI is InChI=1S/C20H35N3O13/c1-6(11(21)18(31)32)33-20-13(23-8(3)27)17(15(29)10(5-25)35-20)36-19-12(22-7(2)26)16(30)14(28)9(4-24)34-19/h6,9-17,19-20,24-25,28-30H,4-5,21H2,1-3H3,(H,22,26)(H,23,27)(H,31,32)/t6-,9-,10-,11+,12-,13-,14-,15+,16-,17-,19+,20+/m1/s1. The van der Waals surface area contributed by atoms with Crippen LogP contribution in [0.3, 0.4) is 0 Å². The van der Waals surface area contributed by atoms with Crippen molar-refractivity contribution in [2.75, 3.05) is 13.2 Å². The SMILES string of the molecule is CC(=O)N[C@H]1[C@H](O[C@H]2[C@@H](O)[C@@H](CO)O[C@H](O[C@H](C)[C@H](N)C(=O)O)[C@@H]2NC(C)=O)O[C@H](CO)[C@@H](O)[C@@H]1O. The van der Waals surface area contributed by atoms with Gasteiger partial charge in [0.05, 0.1) is 19.3 Å². The van der Waals surface area contributed by atoms with Gasteiger partial charge in [0.15, 0.2) is 12.6 Å². The van der Waals surface area contributed by atoms with Gasteiger partial charge in [-0.2, -0.15) is 0 Å². The molecule has 2 saturated heterocycles. The molecule has 0 saturated carbocycles. The number of carbonyl (C=O) groups is 3. The van der Waals surface area contributed by atoms with Crippen LogP contribution in [0.2, 0.25) is 0 Å². The van der Waals surface area contributed by atoms with E-state index in [1.54, 1.807) is 0 Å². The van der Waals surface area contributed by atoms with Gasteiger partial charge in [0.1, 0.15) is 54.7 Å². The number of ether oxygens (including phenoxy) is 4. The largest absolute Gasteiger partial charge is 0.480 e. The number of amides is 2. The van der Waals surface area contributed by atoms with Crippen LogP contribution in [0.25, 0.3) is 0 Å². The lowest BCUT2D eigenvalue weighted by atomic mass is 9.94. The highest BCUT2D eigenvalue weighted by atomic mass is 16.7. The normalized spacial score (nSPS) is 38.6. The Morgan fingerprint density at radius 1 is 0.889 bits per heavy atom.